The number of halogens is 1. The quantitative estimate of drug-likeness (QED) is 0.484. The zero-order valence-corrected chi connectivity index (χ0v) is 16.5. The number of nitrogens with zero attached hydrogens (tertiary/aromatic N) is 2. The average Bonchev–Trinajstić information content (AvgIpc) is 2.70. The molecule has 0 atom stereocenters. The number of aromatic hydroxyl groups is 1. The van der Waals surface area contributed by atoms with E-state index in [1.807, 2.05) is 11.0 Å². The van der Waals surface area contributed by atoms with Crippen molar-refractivity contribution in [1.82, 2.24) is 0 Å². The van der Waals surface area contributed by atoms with Crippen LogP contribution in [-0.4, -0.2) is 11.7 Å². The predicted octanol–water partition coefficient (Wildman–Crippen LogP) is 6.30. The van der Waals surface area contributed by atoms with Gasteiger partial charge in [0.2, 0.25) is 0 Å². The first-order valence-electron chi connectivity index (χ1n) is 9.13. The molecule has 0 amide bonds. The molecule has 0 aromatic heterocycles. The summed E-state index contributed by atoms with van der Waals surface area (Å²) in [6.07, 6.45) is 1.86. The van der Waals surface area contributed by atoms with Gasteiger partial charge in [0.15, 0.2) is 0 Å². The van der Waals surface area contributed by atoms with Gasteiger partial charge >= 0.3 is 0 Å². The molecule has 3 rings (SSSR count). The summed E-state index contributed by atoms with van der Waals surface area (Å²) in [5.41, 5.74) is 2.81. The van der Waals surface area contributed by atoms with Crippen LogP contribution in [0.1, 0.15) is 25.3 Å². The fourth-order valence-electron chi connectivity index (χ4n) is 3.15. The fraction of sp³-hybridized carbons (Fsp3) is 0.174. The van der Waals surface area contributed by atoms with Crippen molar-refractivity contribution in [1.29, 1.82) is 5.26 Å². The van der Waals surface area contributed by atoms with E-state index in [2.05, 4.69) is 25.6 Å². The van der Waals surface area contributed by atoms with Crippen LogP contribution < -0.4 is 4.90 Å². The van der Waals surface area contributed by atoms with Crippen molar-refractivity contribution in [2.24, 2.45) is 0 Å². The molecule has 0 radical (unpaired) electrons. The second-order valence-electron chi connectivity index (χ2n) is 6.50. The zero-order valence-electron chi connectivity index (χ0n) is 15.6. The zero-order chi connectivity index (χ0) is 20.1. The minimum Gasteiger partial charge on any atom is -0.506 e. The lowest BCUT2D eigenvalue weighted by Crippen LogP contribution is -2.19. The maximum absolute atomic E-state index is 14.2. The fourth-order valence-corrected chi connectivity index (χ4v) is 3.35. The van der Waals surface area contributed by atoms with E-state index >= 15 is 0 Å². The van der Waals surface area contributed by atoms with Gasteiger partial charge in [-0.05, 0) is 48.4 Å². The maximum Gasteiger partial charge on any atom is 0.140 e. The highest BCUT2D eigenvalue weighted by Gasteiger charge is 2.18. The lowest BCUT2D eigenvalue weighted by Gasteiger charge is -2.27. The summed E-state index contributed by atoms with van der Waals surface area (Å²) in [5.74, 6) is -0.227. The SMILES string of the molecule is CCCCN(c1ccc(S)cc1O)c1ccc(-c2ccccc2F)cc1C#N. The summed E-state index contributed by atoms with van der Waals surface area (Å²) in [6.45, 7) is 2.73. The summed E-state index contributed by atoms with van der Waals surface area (Å²) in [6, 6.07) is 19.2. The van der Waals surface area contributed by atoms with Crippen molar-refractivity contribution >= 4 is 24.0 Å². The highest BCUT2D eigenvalue weighted by Crippen LogP contribution is 2.38. The first kappa shape index (κ1) is 19.8. The molecule has 142 valence electrons. The van der Waals surface area contributed by atoms with Crippen molar-refractivity contribution in [2.75, 3.05) is 11.4 Å². The Balaban J connectivity index is 2.10. The Morgan fingerprint density at radius 3 is 2.50 bits per heavy atom. The van der Waals surface area contributed by atoms with Crippen LogP contribution in [-0.2, 0) is 0 Å². The summed E-state index contributed by atoms with van der Waals surface area (Å²) in [4.78, 5) is 2.59. The summed E-state index contributed by atoms with van der Waals surface area (Å²) in [5, 5.41) is 20.2. The van der Waals surface area contributed by atoms with Gasteiger partial charge in [0.05, 0.1) is 16.9 Å². The van der Waals surface area contributed by atoms with Crippen LogP contribution in [0.25, 0.3) is 11.1 Å². The molecular formula is C23H21FN2OS. The Morgan fingerprint density at radius 1 is 1.07 bits per heavy atom. The van der Waals surface area contributed by atoms with Gasteiger partial charge in [-0.2, -0.15) is 5.26 Å². The smallest absolute Gasteiger partial charge is 0.140 e. The Morgan fingerprint density at radius 2 is 1.82 bits per heavy atom. The molecule has 3 aromatic rings. The second-order valence-corrected chi connectivity index (χ2v) is 7.02. The van der Waals surface area contributed by atoms with Crippen molar-refractivity contribution in [3.05, 3.63) is 72.0 Å². The van der Waals surface area contributed by atoms with Crippen LogP contribution in [0.5, 0.6) is 5.75 Å². The molecule has 0 aliphatic rings. The third-order valence-corrected chi connectivity index (χ3v) is 4.86. The minimum absolute atomic E-state index is 0.102. The third-order valence-electron chi connectivity index (χ3n) is 4.58. The van der Waals surface area contributed by atoms with Crippen LogP contribution in [0.2, 0.25) is 0 Å². The number of nitriles is 1. The summed E-state index contributed by atoms with van der Waals surface area (Å²) in [7, 11) is 0. The summed E-state index contributed by atoms with van der Waals surface area (Å²) < 4.78 is 14.2. The molecule has 3 nitrogen and oxygen atoms in total. The number of rotatable bonds is 6. The van der Waals surface area contributed by atoms with Gasteiger partial charge in [0.25, 0.3) is 0 Å². The molecule has 0 spiro atoms. The van der Waals surface area contributed by atoms with Crippen molar-refractivity contribution in [3.63, 3.8) is 0 Å². The topological polar surface area (TPSA) is 47.3 Å². The Labute approximate surface area is 170 Å². The molecule has 3 aromatic carbocycles. The van der Waals surface area contributed by atoms with Gasteiger partial charge in [-0.3, -0.25) is 0 Å². The van der Waals surface area contributed by atoms with E-state index in [1.165, 1.54) is 6.07 Å². The number of unbranched alkanes of at least 4 members (excludes halogenated alkanes) is 1. The standard InChI is InChI=1S/C23H21FN2OS/c1-2-3-12-26(22-11-9-18(28)14-23(22)27)21-10-8-16(13-17(21)15-25)19-6-4-5-7-20(19)24/h4-11,13-14,27-28H,2-3,12H2,1H3. The van der Waals surface area contributed by atoms with E-state index in [9.17, 15) is 14.8 Å². The molecule has 0 saturated heterocycles. The second kappa shape index (κ2) is 8.81. The highest BCUT2D eigenvalue weighted by atomic mass is 32.1. The van der Waals surface area contributed by atoms with E-state index < -0.39 is 0 Å². The van der Waals surface area contributed by atoms with Crippen LogP contribution >= 0.6 is 12.6 Å². The first-order valence-corrected chi connectivity index (χ1v) is 9.58. The monoisotopic (exact) mass is 392 g/mol. The molecule has 0 heterocycles. The lowest BCUT2D eigenvalue weighted by atomic mass is 10.0. The van der Waals surface area contributed by atoms with Gasteiger partial charge in [0, 0.05) is 17.0 Å². The van der Waals surface area contributed by atoms with Gasteiger partial charge in [0.1, 0.15) is 17.6 Å². The third kappa shape index (κ3) is 4.13. The molecular weight excluding hydrogens is 371 g/mol. The molecule has 0 bridgehead atoms. The predicted molar refractivity (Wildman–Crippen MR) is 114 cm³/mol. The molecule has 0 fully saturated rings. The van der Waals surface area contributed by atoms with Gasteiger partial charge in [-0.15, -0.1) is 12.6 Å². The largest absolute Gasteiger partial charge is 0.506 e. The van der Waals surface area contributed by atoms with Crippen LogP contribution in [0.3, 0.4) is 0 Å². The van der Waals surface area contributed by atoms with Crippen LogP contribution in [0, 0.1) is 17.1 Å². The Bertz CT molecular complexity index is 1030. The molecule has 0 aliphatic heterocycles. The molecule has 0 aliphatic carbocycles. The van der Waals surface area contributed by atoms with E-state index in [4.69, 9.17) is 0 Å². The number of hydrogen-bond acceptors (Lipinski definition) is 4. The molecule has 1 N–H and O–H groups in total. The Kier molecular flexibility index (Phi) is 6.23. The number of benzene rings is 3. The van der Waals surface area contributed by atoms with E-state index in [-0.39, 0.29) is 11.6 Å². The molecule has 28 heavy (non-hydrogen) atoms. The normalized spacial score (nSPS) is 10.5. The highest BCUT2D eigenvalue weighted by molar-refractivity contribution is 7.80. The number of phenolic OH excluding ortho intramolecular Hbond substituents is 1. The number of phenols is 1. The van der Waals surface area contributed by atoms with Crippen LogP contribution in [0.4, 0.5) is 15.8 Å². The van der Waals surface area contributed by atoms with E-state index in [0.717, 1.165) is 12.8 Å². The number of anilines is 2. The number of hydrogen-bond donors (Lipinski definition) is 2. The Hall–Kier alpha value is -2.97. The minimum atomic E-state index is -0.330. The van der Waals surface area contributed by atoms with E-state index in [0.29, 0.717) is 39.5 Å². The molecule has 0 saturated carbocycles. The average molecular weight is 392 g/mol. The number of thiol groups is 1. The van der Waals surface area contributed by atoms with Crippen LogP contribution in [0.15, 0.2) is 65.6 Å². The van der Waals surface area contributed by atoms with Gasteiger partial charge in [-0.1, -0.05) is 37.6 Å². The van der Waals surface area contributed by atoms with E-state index in [1.54, 1.807) is 48.5 Å². The summed E-state index contributed by atoms with van der Waals surface area (Å²) >= 11 is 4.26. The molecule has 5 heteroatoms. The lowest BCUT2D eigenvalue weighted by molar-refractivity contribution is 0.473. The van der Waals surface area contributed by atoms with Gasteiger partial charge in [-0.25, -0.2) is 4.39 Å². The first-order chi connectivity index (χ1) is 13.5. The van der Waals surface area contributed by atoms with Crippen molar-refractivity contribution < 1.29 is 9.50 Å². The maximum atomic E-state index is 14.2. The van der Waals surface area contributed by atoms with Crippen molar-refractivity contribution in [2.45, 2.75) is 24.7 Å². The van der Waals surface area contributed by atoms with Gasteiger partial charge < -0.3 is 10.0 Å². The molecule has 0 unspecified atom stereocenters. The van der Waals surface area contributed by atoms with Crippen molar-refractivity contribution in [3.8, 4) is 22.9 Å².